The maximum absolute atomic E-state index is 13.1. The van der Waals surface area contributed by atoms with Gasteiger partial charge in [-0.25, -0.2) is 9.59 Å². The Morgan fingerprint density at radius 3 is 2.33 bits per heavy atom. The molecule has 8 heteroatoms. The van der Waals surface area contributed by atoms with Crippen molar-refractivity contribution in [3.63, 3.8) is 0 Å². The van der Waals surface area contributed by atoms with Crippen LogP contribution >= 0.6 is 0 Å². The van der Waals surface area contributed by atoms with Gasteiger partial charge in [-0.05, 0) is 18.4 Å². The molecule has 160 valence electrons. The molecule has 0 bridgehead atoms. The van der Waals surface area contributed by atoms with Gasteiger partial charge in [0.05, 0.1) is 18.7 Å². The largest absolute Gasteiger partial charge is 0.466 e. The zero-order chi connectivity index (χ0) is 21.3. The molecule has 1 saturated carbocycles. The number of carbonyl (C=O) groups excluding carboxylic acids is 3. The van der Waals surface area contributed by atoms with Crippen molar-refractivity contribution in [3.05, 3.63) is 47.2 Å². The molecule has 2 fully saturated rings. The molecule has 2 heterocycles. The Hall–Kier alpha value is -2.87. The van der Waals surface area contributed by atoms with E-state index in [2.05, 4.69) is 10.2 Å². The fourth-order valence-corrected chi connectivity index (χ4v) is 4.24. The lowest BCUT2D eigenvalue weighted by molar-refractivity contribution is -0.136. The predicted octanol–water partition coefficient (Wildman–Crippen LogP) is 1.51. The number of ether oxygens (including phenoxy) is 1. The number of esters is 1. The standard InChI is InChI=1S/C22H28N4O4/c1-15(27)25-12-10-24(11-13-25)14-18-19(21(28)30-2)20(16-6-4-3-5-7-16)23-22(29)26(18)17-8-9-17/h3-7,17,20H,8-14H2,1-2H3,(H,23,29)/t20-/m0/s1. The number of urea groups is 1. The smallest absolute Gasteiger partial charge is 0.338 e. The van der Waals surface area contributed by atoms with Crippen molar-refractivity contribution in [3.8, 4) is 0 Å². The monoisotopic (exact) mass is 412 g/mol. The van der Waals surface area contributed by atoms with Gasteiger partial charge in [0.15, 0.2) is 0 Å². The maximum Gasteiger partial charge on any atom is 0.338 e. The second-order valence-electron chi connectivity index (χ2n) is 8.03. The summed E-state index contributed by atoms with van der Waals surface area (Å²) < 4.78 is 5.15. The highest BCUT2D eigenvalue weighted by molar-refractivity contribution is 5.95. The molecule has 0 radical (unpaired) electrons. The third kappa shape index (κ3) is 4.05. The van der Waals surface area contributed by atoms with Crippen molar-refractivity contribution in [2.24, 2.45) is 0 Å². The maximum atomic E-state index is 13.1. The Kier molecular flexibility index (Phi) is 5.76. The number of nitrogens with zero attached hydrogens (tertiary/aromatic N) is 3. The molecule has 0 unspecified atom stereocenters. The minimum atomic E-state index is -0.547. The second-order valence-corrected chi connectivity index (χ2v) is 8.03. The highest BCUT2D eigenvalue weighted by Crippen LogP contribution is 2.38. The SMILES string of the molecule is COC(=O)C1=C(CN2CCN(C(C)=O)CC2)N(C2CC2)C(=O)N[C@H]1c1ccccc1. The first-order valence-corrected chi connectivity index (χ1v) is 10.4. The molecule has 30 heavy (non-hydrogen) atoms. The van der Waals surface area contributed by atoms with Crippen molar-refractivity contribution < 1.29 is 19.1 Å². The molecular weight excluding hydrogens is 384 g/mol. The molecule has 1 aromatic rings. The summed E-state index contributed by atoms with van der Waals surface area (Å²) in [5.74, 6) is -0.350. The number of amides is 3. The number of methoxy groups -OCH3 is 1. The van der Waals surface area contributed by atoms with Crippen molar-refractivity contribution >= 4 is 17.9 Å². The van der Waals surface area contributed by atoms with Crippen LogP contribution in [0.25, 0.3) is 0 Å². The van der Waals surface area contributed by atoms with E-state index < -0.39 is 12.0 Å². The average Bonchev–Trinajstić information content (AvgIpc) is 3.59. The molecule has 0 spiro atoms. The van der Waals surface area contributed by atoms with Crippen LogP contribution in [0.4, 0.5) is 4.79 Å². The lowest BCUT2D eigenvalue weighted by Gasteiger charge is -2.40. The Balaban J connectivity index is 1.70. The first-order valence-electron chi connectivity index (χ1n) is 10.4. The highest BCUT2D eigenvalue weighted by Gasteiger charge is 2.44. The summed E-state index contributed by atoms with van der Waals surface area (Å²) in [7, 11) is 1.37. The summed E-state index contributed by atoms with van der Waals surface area (Å²) in [6.07, 6.45) is 1.86. The Labute approximate surface area is 176 Å². The molecule has 3 amide bonds. The summed E-state index contributed by atoms with van der Waals surface area (Å²) in [5, 5.41) is 3.02. The Morgan fingerprint density at radius 1 is 1.10 bits per heavy atom. The number of nitrogens with one attached hydrogen (secondary N) is 1. The summed E-state index contributed by atoms with van der Waals surface area (Å²) in [5.41, 5.74) is 2.06. The third-order valence-electron chi connectivity index (χ3n) is 6.02. The van der Waals surface area contributed by atoms with Crippen LogP contribution < -0.4 is 5.32 Å². The molecule has 1 N–H and O–H groups in total. The summed E-state index contributed by atoms with van der Waals surface area (Å²) in [6.45, 7) is 4.75. The van der Waals surface area contributed by atoms with Crippen LogP contribution in [0, 0.1) is 0 Å². The van der Waals surface area contributed by atoms with E-state index in [4.69, 9.17) is 4.74 Å². The van der Waals surface area contributed by atoms with E-state index >= 15 is 0 Å². The van der Waals surface area contributed by atoms with E-state index in [-0.39, 0.29) is 18.0 Å². The lowest BCUT2D eigenvalue weighted by atomic mass is 9.94. The molecule has 1 aromatic carbocycles. The molecule has 3 aliphatic rings. The number of rotatable bonds is 5. The minimum Gasteiger partial charge on any atom is -0.466 e. The zero-order valence-electron chi connectivity index (χ0n) is 17.5. The van der Waals surface area contributed by atoms with Crippen molar-refractivity contribution in [1.29, 1.82) is 0 Å². The second kappa shape index (κ2) is 8.47. The van der Waals surface area contributed by atoms with Gasteiger partial charge in [-0.3, -0.25) is 14.6 Å². The molecule has 8 nitrogen and oxygen atoms in total. The molecule has 1 saturated heterocycles. The lowest BCUT2D eigenvalue weighted by Crippen LogP contribution is -2.54. The number of hydrogen-bond acceptors (Lipinski definition) is 5. The van der Waals surface area contributed by atoms with Gasteiger partial charge in [-0.1, -0.05) is 30.3 Å². The van der Waals surface area contributed by atoms with Gasteiger partial charge in [0.1, 0.15) is 0 Å². The Morgan fingerprint density at radius 2 is 1.77 bits per heavy atom. The number of benzene rings is 1. The van der Waals surface area contributed by atoms with Gasteiger partial charge in [-0.2, -0.15) is 0 Å². The first kappa shape index (κ1) is 20.4. The van der Waals surface area contributed by atoms with Crippen LogP contribution in [0.2, 0.25) is 0 Å². The van der Waals surface area contributed by atoms with Gasteiger partial charge >= 0.3 is 12.0 Å². The minimum absolute atomic E-state index is 0.0740. The van der Waals surface area contributed by atoms with Crippen LogP contribution in [-0.4, -0.2) is 78.5 Å². The van der Waals surface area contributed by atoms with Crippen LogP contribution in [0.5, 0.6) is 0 Å². The van der Waals surface area contributed by atoms with Crippen LogP contribution in [0.1, 0.15) is 31.4 Å². The zero-order valence-corrected chi connectivity index (χ0v) is 17.5. The summed E-state index contributed by atoms with van der Waals surface area (Å²) in [4.78, 5) is 43.4. The van der Waals surface area contributed by atoms with Crippen LogP contribution in [0.3, 0.4) is 0 Å². The quantitative estimate of drug-likeness (QED) is 0.742. The molecule has 4 rings (SSSR count). The van der Waals surface area contributed by atoms with Gasteiger partial charge < -0.3 is 15.0 Å². The van der Waals surface area contributed by atoms with Gasteiger partial charge in [0.25, 0.3) is 0 Å². The number of hydrogen-bond donors (Lipinski definition) is 1. The summed E-state index contributed by atoms with van der Waals surface area (Å²) >= 11 is 0. The van der Waals surface area contributed by atoms with E-state index in [0.29, 0.717) is 38.3 Å². The topological polar surface area (TPSA) is 82.2 Å². The third-order valence-corrected chi connectivity index (χ3v) is 6.02. The summed E-state index contributed by atoms with van der Waals surface area (Å²) in [6, 6.07) is 8.91. The molecule has 2 aliphatic heterocycles. The molecule has 1 atom stereocenters. The fourth-order valence-electron chi connectivity index (χ4n) is 4.24. The van der Waals surface area contributed by atoms with E-state index in [9.17, 15) is 14.4 Å². The first-order chi connectivity index (χ1) is 14.5. The number of carbonyl (C=O) groups is 3. The van der Waals surface area contributed by atoms with Crippen molar-refractivity contribution in [1.82, 2.24) is 20.0 Å². The van der Waals surface area contributed by atoms with Gasteiger partial charge in [0, 0.05) is 51.4 Å². The van der Waals surface area contributed by atoms with Crippen LogP contribution in [0.15, 0.2) is 41.6 Å². The normalized spacial score (nSPS) is 22.7. The highest BCUT2D eigenvalue weighted by atomic mass is 16.5. The van der Waals surface area contributed by atoms with Crippen molar-refractivity contribution in [2.45, 2.75) is 31.8 Å². The van der Waals surface area contributed by atoms with E-state index in [0.717, 1.165) is 24.1 Å². The van der Waals surface area contributed by atoms with Crippen LogP contribution in [-0.2, 0) is 14.3 Å². The molecule has 1 aliphatic carbocycles. The Bertz CT molecular complexity index is 857. The van der Waals surface area contributed by atoms with E-state index in [1.54, 1.807) is 11.8 Å². The van der Waals surface area contributed by atoms with E-state index in [1.165, 1.54) is 7.11 Å². The predicted molar refractivity (Wildman–Crippen MR) is 110 cm³/mol. The number of piperazine rings is 1. The average molecular weight is 412 g/mol. The fraction of sp³-hybridized carbons (Fsp3) is 0.500. The van der Waals surface area contributed by atoms with Gasteiger partial charge in [-0.15, -0.1) is 0 Å². The molecular formula is C22H28N4O4. The van der Waals surface area contributed by atoms with Gasteiger partial charge in [0.2, 0.25) is 5.91 Å². The van der Waals surface area contributed by atoms with Crippen molar-refractivity contribution in [2.75, 3.05) is 39.8 Å². The van der Waals surface area contributed by atoms with E-state index in [1.807, 2.05) is 35.2 Å². The molecule has 0 aromatic heterocycles.